The first-order chi connectivity index (χ1) is 13.3. The van der Waals surface area contributed by atoms with Crippen LogP contribution in [0.15, 0.2) is 46.8 Å². The molecule has 0 bridgehead atoms. The molecule has 0 aliphatic carbocycles. The Labute approximate surface area is 166 Å². The summed E-state index contributed by atoms with van der Waals surface area (Å²) in [6.07, 6.45) is -0.268. The molecule has 152 valence electrons. The summed E-state index contributed by atoms with van der Waals surface area (Å²) in [4.78, 5) is 25.8. The standard InChI is InChI=1S/C22H29NO5/c1-13(2)28-22(25)19-16(5)23-15(4)18(21(24)27-12-11-26-6)20(19)17-9-7-14(3)8-10-17/h7-10,13,20,23H,11-12H2,1-6H3. The van der Waals surface area contributed by atoms with Crippen LogP contribution in [0.4, 0.5) is 0 Å². The van der Waals surface area contributed by atoms with Crippen LogP contribution in [0.5, 0.6) is 0 Å². The first-order valence-electron chi connectivity index (χ1n) is 9.38. The number of nitrogens with one attached hydrogen (secondary N) is 1. The third-order valence-electron chi connectivity index (χ3n) is 4.47. The summed E-state index contributed by atoms with van der Waals surface area (Å²) in [5.41, 5.74) is 4.08. The molecule has 28 heavy (non-hydrogen) atoms. The van der Waals surface area contributed by atoms with Crippen molar-refractivity contribution in [2.45, 2.75) is 46.6 Å². The molecule has 2 rings (SSSR count). The van der Waals surface area contributed by atoms with E-state index in [4.69, 9.17) is 14.2 Å². The van der Waals surface area contributed by atoms with Crippen molar-refractivity contribution in [1.29, 1.82) is 0 Å². The van der Waals surface area contributed by atoms with Gasteiger partial charge in [-0.2, -0.15) is 0 Å². The molecule has 1 N–H and O–H groups in total. The molecular weight excluding hydrogens is 358 g/mol. The minimum absolute atomic E-state index is 0.140. The number of hydrogen-bond acceptors (Lipinski definition) is 6. The van der Waals surface area contributed by atoms with Crippen LogP contribution in [-0.2, 0) is 23.8 Å². The number of esters is 2. The number of benzene rings is 1. The number of aryl methyl sites for hydroxylation is 1. The van der Waals surface area contributed by atoms with Crippen LogP contribution in [0.3, 0.4) is 0 Å². The normalized spacial score (nSPS) is 16.9. The van der Waals surface area contributed by atoms with Gasteiger partial charge >= 0.3 is 11.9 Å². The number of hydrogen-bond donors (Lipinski definition) is 1. The quantitative estimate of drug-likeness (QED) is 0.571. The monoisotopic (exact) mass is 387 g/mol. The van der Waals surface area contributed by atoms with Crippen LogP contribution in [0.25, 0.3) is 0 Å². The van der Waals surface area contributed by atoms with Crippen LogP contribution in [0, 0.1) is 6.92 Å². The van der Waals surface area contributed by atoms with Crippen LogP contribution in [-0.4, -0.2) is 38.4 Å². The summed E-state index contributed by atoms with van der Waals surface area (Å²) in [7, 11) is 1.54. The van der Waals surface area contributed by atoms with Crippen molar-refractivity contribution in [2.24, 2.45) is 0 Å². The molecule has 6 heteroatoms. The number of ether oxygens (including phenoxy) is 3. The Morgan fingerprint density at radius 3 is 2.07 bits per heavy atom. The molecular formula is C22H29NO5. The van der Waals surface area contributed by atoms with E-state index in [1.165, 1.54) is 0 Å². The van der Waals surface area contributed by atoms with Gasteiger partial charge in [0.1, 0.15) is 6.61 Å². The lowest BCUT2D eigenvalue weighted by Gasteiger charge is -2.31. The third-order valence-corrected chi connectivity index (χ3v) is 4.47. The van der Waals surface area contributed by atoms with Gasteiger partial charge in [0.15, 0.2) is 0 Å². The molecule has 1 aromatic carbocycles. The molecule has 0 radical (unpaired) electrons. The van der Waals surface area contributed by atoms with Gasteiger partial charge in [0.05, 0.1) is 29.8 Å². The van der Waals surface area contributed by atoms with Gasteiger partial charge in [0.2, 0.25) is 0 Å². The largest absolute Gasteiger partial charge is 0.460 e. The molecule has 0 spiro atoms. The summed E-state index contributed by atoms with van der Waals surface area (Å²) < 4.78 is 15.8. The Morgan fingerprint density at radius 2 is 1.54 bits per heavy atom. The zero-order valence-electron chi connectivity index (χ0n) is 17.4. The van der Waals surface area contributed by atoms with Gasteiger partial charge in [-0.05, 0) is 40.2 Å². The summed E-state index contributed by atoms with van der Waals surface area (Å²) >= 11 is 0. The highest BCUT2D eigenvalue weighted by atomic mass is 16.6. The van der Waals surface area contributed by atoms with Gasteiger partial charge in [0, 0.05) is 18.5 Å². The average molecular weight is 387 g/mol. The minimum Gasteiger partial charge on any atom is -0.460 e. The second kappa shape index (κ2) is 9.55. The maximum absolute atomic E-state index is 12.9. The summed E-state index contributed by atoms with van der Waals surface area (Å²) in [6.45, 7) is 9.65. The maximum Gasteiger partial charge on any atom is 0.337 e. The molecule has 6 nitrogen and oxygen atoms in total. The van der Waals surface area contributed by atoms with Crippen molar-refractivity contribution in [3.8, 4) is 0 Å². The third kappa shape index (κ3) is 5.01. The Hall–Kier alpha value is -2.60. The van der Waals surface area contributed by atoms with Crippen LogP contribution < -0.4 is 5.32 Å². The lowest BCUT2D eigenvalue weighted by atomic mass is 9.80. The van der Waals surface area contributed by atoms with E-state index in [1.807, 2.05) is 45.0 Å². The second-order valence-corrected chi connectivity index (χ2v) is 7.13. The average Bonchev–Trinajstić information content (AvgIpc) is 2.61. The van der Waals surface area contributed by atoms with E-state index >= 15 is 0 Å². The predicted octanol–water partition coefficient (Wildman–Crippen LogP) is 3.37. The van der Waals surface area contributed by atoms with Crippen molar-refractivity contribution >= 4 is 11.9 Å². The lowest BCUT2D eigenvalue weighted by molar-refractivity contribution is -0.143. The molecule has 1 atom stereocenters. The van der Waals surface area contributed by atoms with Crippen molar-refractivity contribution in [1.82, 2.24) is 5.32 Å². The highest BCUT2D eigenvalue weighted by Gasteiger charge is 2.38. The van der Waals surface area contributed by atoms with Gasteiger partial charge in [-0.15, -0.1) is 0 Å². The first kappa shape index (κ1) is 21.7. The highest BCUT2D eigenvalue weighted by molar-refractivity contribution is 5.99. The molecule has 1 aromatic rings. The molecule has 1 aliphatic rings. The van der Waals surface area contributed by atoms with E-state index < -0.39 is 17.9 Å². The van der Waals surface area contributed by atoms with Crippen LogP contribution in [0.1, 0.15) is 44.7 Å². The maximum atomic E-state index is 12.9. The Kier molecular flexibility index (Phi) is 7.40. The number of dihydropyridines is 1. The molecule has 0 fully saturated rings. The molecule has 1 aliphatic heterocycles. The molecule has 1 heterocycles. The van der Waals surface area contributed by atoms with Crippen molar-refractivity contribution < 1.29 is 23.8 Å². The van der Waals surface area contributed by atoms with E-state index in [9.17, 15) is 9.59 Å². The molecule has 1 unspecified atom stereocenters. The SMILES string of the molecule is COCCOC(=O)C1=C(C)NC(C)=C(C(=O)OC(C)C)C1c1ccc(C)cc1. The zero-order valence-corrected chi connectivity index (χ0v) is 17.4. The van der Waals surface area contributed by atoms with Crippen LogP contribution >= 0.6 is 0 Å². The second-order valence-electron chi connectivity index (χ2n) is 7.13. The summed E-state index contributed by atoms with van der Waals surface area (Å²) in [5.74, 6) is -1.49. The number of carbonyl (C=O) groups is 2. The fraction of sp³-hybridized carbons (Fsp3) is 0.455. The van der Waals surface area contributed by atoms with Crippen LogP contribution in [0.2, 0.25) is 0 Å². The predicted molar refractivity (Wildman–Crippen MR) is 107 cm³/mol. The van der Waals surface area contributed by atoms with Gasteiger partial charge in [-0.25, -0.2) is 9.59 Å². The van der Waals surface area contributed by atoms with Gasteiger partial charge in [0.25, 0.3) is 0 Å². The van der Waals surface area contributed by atoms with Crippen molar-refractivity contribution in [3.05, 3.63) is 57.9 Å². The van der Waals surface area contributed by atoms with Crippen molar-refractivity contribution in [2.75, 3.05) is 20.3 Å². The number of carbonyl (C=O) groups excluding carboxylic acids is 2. The minimum atomic E-state index is -0.567. The molecule has 0 amide bonds. The van der Waals surface area contributed by atoms with Gasteiger partial charge < -0.3 is 19.5 Å². The number of methoxy groups -OCH3 is 1. The van der Waals surface area contributed by atoms with E-state index in [-0.39, 0.29) is 12.7 Å². The molecule has 0 aromatic heterocycles. The van der Waals surface area contributed by atoms with Gasteiger partial charge in [-0.1, -0.05) is 29.8 Å². The molecule has 0 saturated heterocycles. The molecule has 0 saturated carbocycles. The van der Waals surface area contributed by atoms with Crippen molar-refractivity contribution in [3.63, 3.8) is 0 Å². The zero-order chi connectivity index (χ0) is 20.8. The number of allylic oxidation sites excluding steroid dienone is 2. The fourth-order valence-electron chi connectivity index (χ4n) is 3.20. The Morgan fingerprint density at radius 1 is 0.964 bits per heavy atom. The Balaban J connectivity index is 2.52. The van der Waals surface area contributed by atoms with E-state index in [0.717, 1.165) is 11.1 Å². The number of rotatable bonds is 7. The van der Waals surface area contributed by atoms with Gasteiger partial charge in [-0.3, -0.25) is 0 Å². The van der Waals surface area contributed by atoms with E-state index in [1.54, 1.807) is 21.0 Å². The van der Waals surface area contributed by atoms with E-state index in [0.29, 0.717) is 29.1 Å². The first-order valence-corrected chi connectivity index (χ1v) is 9.38. The lowest BCUT2D eigenvalue weighted by Crippen LogP contribution is -2.33. The highest BCUT2D eigenvalue weighted by Crippen LogP contribution is 2.39. The summed E-state index contributed by atoms with van der Waals surface area (Å²) in [6, 6.07) is 7.77. The van der Waals surface area contributed by atoms with E-state index in [2.05, 4.69) is 5.32 Å². The topological polar surface area (TPSA) is 73.9 Å². The smallest absolute Gasteiger partial charge is 0.337 e. The Bertz CT molecular complexity index is 790. The fourth-order valence-corrected chi connectivity index (χ4v) is 3.20. The summed E-state index contributed by atoms with van der Waals surface area (Å²) in [5, 5.41) is 3.14.